The number of methoxy groups -OCH3 is 1. The van der Waals surface area contributed by atoms with E-state index in [0.29, 0.717) is 6.54 Å². The van der Waals surface area contributed by atoms with Crippen LogP contribution in [0.25, 0.3) is 11.3 Å². The molecule has 84 valence electrons. The van der Waals surface area contributed by atoms with Crippen LogP contribution < -0.4 is 10.5 Å². The van der Waals surface area contributed by atoms with Crippen LogP contribution in [-0.2, 0) is 13.6 Å². The predicted molar refractivity (Wildman–Crippen MR) is 60.9 cm³/mol. The van der Waals surface area contributed by atoms with E-state index >= 15 is 0 Å². The van der Waals surface area contributed by atoms with Crippen LogP contribution in [0.3, 0.4) is 0 Å². The SMILES string of the molecule is COc1ccc(-c2nnn(C)c2CN)cc1. The molecule has 1 heterocycles. The Balaban J connectivity index is 2.42. The van der Waals surface area contributed by atoms with Gasteiger partial charge in [0.05, 0.1) is 12.8 Å². The molecule has 0 radical (unpaired) electrons. The third-order valence-electron chi connectivity index (χ3n) is 2.50. The van der Waals surface area contributed by atoms with E-state index in [1.54, 1.807) is 11.8 Å². The molecule has 0 spiro atoms. The Bertz CT molecular complexity index is 475. The van der Waals surface area contributed by atoms with Crippen molar-refractivity contribution in [3.63, 3.8) is 0 Å². The molecule has 2 aromatic rings. The Labute approximate surface area is 93.8 Å². The number of hydrogen-bond acceptors (Lipinski definition) is 4. The predicted octanol–water partition coefficient (Wildman–Crippen LogP) is 0.949. The molecule has 2 rings (SSSR count). The van der Waals surface area contributed by atoms with Gasteiger partial charge in [-0.2, -0.15) is 0 Å². The first-order chi connectivity index (χ1) is 7.76. The molecule has 0 fully saturated rings. The topological polar surface area (TPSA) is 66.0 Å². The van der Waals surface area contributed by atoms with Crippen LogP contribution in [0.15, 0.2) is 24.3 Å². The zero-order valence-corrected chi connectivity index (χ0v) is 9.34. The van der Waals surface area contributed by atoms with Crippen LogP contribution in [0.2, 0.25) is 0 Å². The van der Waals surface area contributed by atoms with Crippen LogP contribution in [0.4, 0.5) is 0 Å². The van der Waals surface area contributed by atoms with Gasteiger partial charge >= 0.3 is 0 Å². The number of hydrogen-bond donors (Lipinski definition) is 1. The van der Waals surface area contributed by atoms with Gasteiger partial charge in [-0.1, -0.05) is 5.21 Å². The summed E-state index contributed by atoms with van der Waals surface area (Å²) >= 11 is 0. The van der Waals surface area contributed by atoms with Gasteiger partial charge in [-0.3, -0.25) is 4.68 Å². The number of aromatic nitrogens is 3. The molecule has 1 aromatic heterocycles. The highest BCUT2D eigenvalue weighted by Gasteiger charge is 2.10. The van der Waals surface area contributed by atoms with Crippen LogP contribution in [0.1, 0.15) is 5.69 Å². The summed E-state index contributed by atoms with van der Waals surface area (Å²) in [5, 5.41) is 8.07. The lowest BCUT2D eigenvalue weighted by atomic mass is 10.1. The van der Waals surface area contributed by atoms with Gasteiger partial charge in [-0.05, 0) is 24.3 Å². The third-order valence-corrected chi connectivity index (χ3v) is 2.50. The lowest BCUT2D eigenvalue weighted by Gasteiger charge is -2.03. The maximum atomic E-state index is 5.66. The average Bonchev–Trinajstić information content (AvgIpc) is 2.70. The molecule has 0 amide bonds. The van der Waals surface area contributed by atoms with Crippen molar-refractivity contribution >= 4 is 0 Å². The van der Waals surface area contributed by atoms with Gasteiger partial charge in [0, 0.05) is 19.2 Å². The Hall–Kier alpha value is -1.88. The molecule has 1 aromatic carbocycles. The van der Waals surface area contributed by atoms with E-state index in [1.807, 2.05) is 31.3 Å². The van der Waals surface area contributed by atoms with E-state index in [9.17, 15) is 0 Å². The van der Waals surface area contributed by atoms with E-state index in [0.717, 1.165) is 22.7 Å². The molecule has 5 heteroatoms. The highest BCUT2D eigenvalue weighted by Crippen LogP contribution is 2.22. The fourth-order valence-electron chi connectivity index (χ4n) is 1.58. The summed E-state index contributed by atoms with van der Waals surface area (Å²) in [6.45, 7) is 0.421. The van der Waals surface area contributed by atoms with Crippen molar-refractivity contribution in [3.8, 4) is 17.0 Å². The highest BCUT2D eigenvalue weighted by molar-refractivity contribution is 5.62. The average molecular weight is 218 g/mol. The van der Waals surface area contributed by atoms with Gasteiger partial charge in [0.2, 0.25) is 0 Å². The van der Waals surface area contributed by atoms with Gasteiger partial charge in [-0.15, -0.1) is 5.10 Å². The third kappa shape index (κ3) is 1.77. The summed E-state index contributed by atoms with van der Waals surface area (Å²) in [5.74, 6) is 0.821. The summed E-state index contributed by atoms with van der Waals surface area (Å²) in [6, 6.07) is 7.68. The van der Waals surface area contributed by atoms with Crippen LogP contribution >= 0.6 is 0 Å². The molecule has 0 saturated carbocycles. The van der Waals surface area contributed by atoms with Crippen molar-refractivity contribution in [2.24, 2.45) is 12.8 Å². The van der Waals surface area contributed by atoms with Crippen molar-refractivity contribution in [2.75, 3.05) is 7.11 Å². The van der Waals surface area contributed by atoms with E-state index < -0.39 is 0 Å². The molecule has 0 aliphatic heterocycles. The first kappa shape index (κ1) is 10.6. The number of aryl methyl sites for hydroxylation is 1. The first-order valence-corrected chi connectivity index (χ1v) is 4.99. The van der Waals surface area contributed by atoms with Crippen LogP contribution in [-0.4, -0.2) is 22.1 Å². The quantitative estimate of drug-likeness (QED) is 0.833. The fraction of sp³-hybridized carbons (Fsp3) is 0.273. The molecule has 5 nitrogen and oxygen atoms in total. The second kappa shape index (κ2) is 4.32. The largest absolute Gasteiger partial charge is 0.497 e. The van der Waals surface area contributed by atoms with Crippen molar-refractivity contribution in [2.45, 2.75) is 6.54 Å². The number of nitrogens with two attached hydrogens (primary N) is 1. The molecule has 2 N–H and O–H groups in total. The Morgan fingerprint density at radius 1 is 1.31 bits per heavy atom. The highest BCUT2D eigenvalue weighted by atomic mass is 16.5. The van der Waals surface area contributed by atoms with Crippen LogP contribution in [0, 0.1) is 0 Å². The maximum absolute atomic E-state index is 5.66. The van der Waals surface area contributed by atoms with E-state index in [4.69, 9.17) is 10.5 Å². The zero-order valence-electron chi connectivity index (χ0n) is 9.34. The summed E-state index contributed by atoms with van der Waals surface area (Å²) in [7, 11) is 3.48. The molecular formula is C11H14N4O. The second-order valence-corrected chi connectivity index (χ2v) is 3.44. The smallest absolute Gasteiger partial charge is 0.118 e. The van der Waals surface area contributed by atoms with Crippen molar-refractivity contribution in [1.29, 1.82) is 0 Å². The summed E-state index contributed by atoms with van der Waals surface area (Å²) in [4.78, 5) is 0. The molecule has 16 heavy (non-hydrogen) atoms. The maximum Gasteiger partial charge on any atom is 0.118 e. The normalized spacial score (nSPS) is 10.4. The number of ether oxygens (including phenoxy) is 1. The number of rotatable bonds is 3. The molecule has 0 bridgehead atoms. The van der Waals surface area contributed by atoms with Gasteiger partial charge < -0.3 is 10.5 Å². The standard InChI is InChI=1S/C11H14N4O/c1-15-10(7-12)11(13-14-15)8-3-5-9(16-2)6-4-8/h3-6H,7,12H2,1-2H3. The first-order valence-electron chi connectivity index (χ1n) is 4.99. The minimum atomic E-state index is 0.421. The van der Waals surface area contributed by atoms with Crippen LogP contribution in [0.5, 0.6) is 5.75 Å². The minimum absolute atomic E-state index is 0.421. The van der Waals surface area contributed by atoms with Gasteiger partial charge in [0.25, 0.3) is 0 Å². The van der Waals surface area contributed by atoms with E-state index in [-0.39, 0.29) is 0 Å². The van der Waals surface area contributed by atoms with Crippen molar-refractivity contribution in [3.05, 3.63) is 30.0 Å². The van der Waals surface area contributed by atoms with E-state index in [2.05, 4.69) is 10.3 Å². The molecule has 0 aliphatic rings. The number of benzene rings is 1. The molecular weight excluding hydrogens is 204 g/mol. The Morgan fingerprint density at radius 3 is 2.56 bits per heavy atom. The zero-order chi connectivity index (χ0) is 11.5. The Morgan fingerprint density at radius 2 is 2.00 bits per heavy atom. The summed E-state index contributed by atoms with van der Waals surface area (Å²) in [6.07, 6.45) is 0. The fourth-order valence-corrected chi connectivity index (χ4v) is 1.58. The number of nitrogens with zero attached hydrogens (tertiary/aromatic N) is 3. The monoisotopic (exact) mass is 218 g/mol. The molecule has 0 saturated heterocycles. The van der Waals surface area contributed by atoms with Gasteiger partial charge in [0.15, 0.2) is 0 Å². The second-order valence-electron chi connectivity index (χ2n) is 3.44. The van der Waals surface area contributed by atoms with Gasteiger partial charge in [-0.25, -0.2) is 0 Å². The van der Waals surface area contributed by atoms with E-state index in [1.165, 1.54) is 0 Å². The molecule has 0 aliphatic carbocycles. The summed E-state index contributed by atoms with van der Waals surface area (Å²) in [5.41, 5.74) is 8.41. The molecule has 0 atom stereocenters. The van der Waals surface area contributed by atoms with Gasteiger partial charge in [0.1, 0.15) is 11.4 Å². The summed E-state index contributed by atoms with van der Waals surface area (Å²) < 4.78 is 6.79. The minimum Gasteiger partial charge on any atom is -0.497 e. The van der Waals surface area contributed by atoms with Crippen molar-refractivity contribution < 1.29 is 4.74 Å². The lowest BCUT2D eigenvalue weighted by molar-refractivity contribution is 0.415. The Kier molecular flexibility index (Phi) is 2.87. The molecule has 0 unspecified atom stereocenters. The van der Waals surface area contributed by atoms with Crippen molar-refractivity contribution in [1.82, 2.24) is 15.0 Å². The lowest BCUT2D eigenvalue weighted by Crippen LogP contribution is -2.05.